The minimum Gasteiger partial charge on any atom is -0.456 e. The van der Waals surface area contributed by atoms with E-state index in [0.717, 1.165) is 0 Å². The fraction of sp³-hybridized carbons (Fsp3) is 0.200. The first-order valence-corrected chi connectivity index (χ1v) is 4.10. The van der Waals surface area contributed by atoms with Gasteiger partial charge in [-0.25, -0.2) is 4.79 Å². The minimum absolute atomic E-state index is 0.156. The van der Waals surface area contributed by atoms with Crippen LogP contribution in [0.15, 0.2) is 23.1 Å². The van der Waals surface area contributed by atoms with Crippen LogP contribution in [-0.2, 0) is 9.53 Å². The Kier molecular flexibility index (Phi) is 3.50. The second-order valence-electron chi connectivity index (χ2n) is 2.41. The molecule has 0 aliphatic heterocycles. The van der Waals surface area contributed by atoms with Gasteiger partial charge in [-0.3, -0.25) is 4.79 Å². The van der Waals surface area contributed by atoms with Crippen LogP contribution in [0, 0.1) is 11.8 Å². The van der Waals surface area contributed by atoms with Gasteiger partial charge in [-0.2, -0.15) is 0 Å². The minimum atomic E-state index is -0.600. The van der Waals surface area contributed by atoms with Gasteiger partial charge in [0.25, 0.3) is 0 Å². The van der Waals surface area contributed by atoms with Crippen LogP contribution < -0.4 is 5.43 Å². The van der Waals surface area contributed by atoms with Crippen molar-refractivity contribution in [1.82, 2.24) is 4.98 Å². The van der Waals surface area contributed by atoms with Crippen LogP contribution in [0.1, 0.15) is 12.6 Å². The predicted octanol–water partition coefficient (Wildman–Crippen LogP) is 0.290. The third kappa shape index (κ3) is 3.15. The molecule has 0 aromatic carbocycles. The zero-order chi connectivity index (χ0) is 10.4. The molecule has 0 atom stereocenters. The Morgan fingerprint density at radius 1 is 1.64 bits per heavy atom. The Bertz CT molecular complexity index is 436. The zero-order valence-corrected chi connectivity index (χ0v) is 7.66. The number of H-pyrrole nitrogens is 1. The second kappa shape index (κ2) is 4.87. The maximum Gasteiger partial charge on any atom is 0.384 e. The van der Waals surface area contributed by atoms with Crippen molar-refractivity contribution in [3.05, 3.63) is 34.2 Å². The van der Waals surface area contributed by atoms with Gasteiger partial charge in [-0.15, -0.1) is 0 Å². The highest BCUT2D eigenvalue weighted by molar-refractivity contribution is 5.88. The molecule has 1 rings (SSSR count). The lowest BCUT2D eigenvalue weighted by molar-refractivity contribution is -0.136. The molecule has 0 unspecified atom stereocenters. The molecule has 1 N–H and O–H groups in total. The fourth-order valence-corrected chi connectivity index (χ4v) is 0.803. The van der Waals surface area contributed by atoms with Gasteiger partial charge in [0.15, 0.2) is 5.43 Å². The molecule has 1 heterocycles. The summed E-state index contributed by atoms with van der Waals surface area (Å²) in [7, 11) is 0. The van der Waals surface area contributed by atoms with Gasteiger partial charge >= 0.3 is 5.97 Å². The molecule has 4 nitrogen and oxygen atoms in total. The van der Waals surface area contributed by atoms with Gasteiger partial charge in [0.05, 0.1) is 12.3 Å². The molecular formula is C10H9NO3. The molecule has 14 heavy (non-hydrogen) atoms. The van der Waals surface area contributed by atoms with Crippen molar-refractivity contribution < 1.29 is 9.53 Å². The van der Waals surface area contributed by atoms with E-state index >= 15 is 0 Å². The molecule has 4 heteroatoms. The Balaban J connectivity index is 2.77. The Morgan fingerprint density at radius 2 is 2.43 bits per heavy atom. The highest BCUT2D eigenvalue weighted by Gasteiger charge is 1.93. The molecule has 0 spiro atoms. The Morgan fingerprint density at radius 3 is 3.07 bits per heavy atom. The maximum absolute atomic E-state index is 10.9. The number of ether oxygens (including phenoxy) is 1. The summed E-state index contributed by atoms with van der Waals surface area (Å²) in [5.41, 5.74) is 0.238. The summed E-state index contributed by atoms with van der Waals surface area (Å²) in [4.78, 5) is 24.4. The lowest BCUT2D eigenvalue weighted by Gasteiger charge is -1.91. The van der Waals surface area contributed by atoms with Gasteiger partial charge in [0.2, 0.25) is 0 Å². The van der Waals surface area contributed by atoms with Gasteiger partial charge in [0, 0.05) is 24.3 Å². The van der Waals surface area contributed by atoms with Crippen LogP contribution in [0.25, 0.3) is 0 Å². The number of hydrogen-bond acceptors (Lipinski definition) is 3. The van der Waals surface area contributed by atoms with Crippen LogP contribution in [0.3, 0.4) is 0 Å². The molecular weight excluding hydrogens is 182 g/mol. The van der Waals surface area contributed by atoms with E-state index in [9.17, 15) is 9.59 Å². The maximum atomic E-state index is 10.9. The second-order valence-corrected chi connectivity index (χ2v) is 2.41. The standard InChI is InChI=1S/C10H9NO3/c1-2-14-10(13)4-3-8-7-9(12)5-6-11-8/h5-7H,2H2,1H3,(H,11,12). The average molecular weight is 191 g/mol. The van der Waals surface area contributed by atoms with Crippen molar-refractivity contribution in [3.63, 3.8) is 0 Å². The summed E-state index contributed by atoms with van der Waals surface area (Å²) in [6.07, 6.45) is 1.47. The summed E-state index contributed by atoms with van der Waals surface area (Å²) < 4.78 is 4.59. The van der Waals surface area contributed by atoms with E-state index in [4.69, 9.17) is 0 Å². The van der Waals surface area contributed by atoms with E-state index in [1.54, 1.807) is 6.92 Å². The monoisotopic (exact) mass is 191 g/mol. The first-order chi connectivity index (χ1) is 6.72. The third-order valence-corrected chi connectivity index (χ3v) is 1.35. The number of esters is 1. The van der Waals surface area contributed by atoms with E-state index in [-0.39, 0.29) is 5.43 Å². The normalized spacial score (nSPS) is 8.64. The Labute approximate surface area is 80.9 Å². The van der Waals surface area contributed by atoms with Crippen molar-refractivity contribution >= 4 is 5.97 Å². The number of nitrogens with one attached hydrogen (secondary N) is 1. The number of aromatic amines is 1. The molecule has 0 bridgehead atoms. The SMILES string of the molecule is CCOC(=O)C#Cc1cc(=O)cc[nH]1. The van der Waals surface area contributed by atoms with Gasteiger partial charge < -0.3 is 9.72 Å². The van der Waals surface area contributed by atoms with Gasteiger partial charge in [0.1, 0.15) is 0 Å². The van der Waals surface area contributed by atoms with Crippen LogP contribution in [-0.4, -0.2) is 17.6 Å². The van der Waals surface area contributed by atoms with Crippen LogP contribution in [0.5, 0.6) is 0 Å². The number of hydrogen-bond donors (Lipinski definition) is 1. The van der Waals surface area contributed by atoms with Crippen molar-refractivity contribution in [1.29, 1.82) is 0 Å². The van der Waals surface area contributed by atoms with Crippen LogP contribution in [0.4, 0.5) is 0 Å². The molecule has 0 radical (unpaired) electrons. The summed E-state index contributed by atoms with van der Waals surface area (Å²) in [6.45, 7) is 1.99. The predicted molar refractivity (Wildman–Crippen MR) is 50.6 cm³/mol. The van der Waals surface area contributed by atoms with Crippen molar-refractivity contribution in [3.8, 4) is 11.8 Å². The smallest absolute Gasteiger partial charge is 0.384 e. The molecule has 0 amide bonds. The van der Waals surface area contributed by atoms with Gasteiger partial charge in [-0.05, 0) is 12.8 Å². The fourth-order valence-electron chi connectivity index (χ4n) is 0.803. The Hall–Kier alpha value is -2.02. The summed E-state index contributed by atoms with van der Waals surface area (Å²) >= 11 is 0. The molecule has 1 aromatic heterocycles. The molecule has 0 aliphatic carbocycles. The molecule has 0 saturated heterocycles. The summed E-state index contributed by atoms with van der Waals surface area (Å²) in [5.74, 6) is 4.14. The van der Waals surface area contributed by atoms with Crippen molar-refractivity contribution in [2.75, 3.05) is 6.61 Å². The number of aromatic nitrogens is 1. The number of carbonyl (C=O) groups is 1. The molecule has 1 aromatic rings. The molecule has 0 aliphatic rings. The quantitative estimate of drug-likeness (QED) is 0.512. The average Bonchev–Trinajstić information content (AvgIpc) is 2.15. The molecule has 0 saturated carbocycles. The summed E-state index contributed by atoms with van der Waals surface area (Å²) in [6, 6.07) is 2.68. The molecule has 0 fully saturated rings. The van der Waals surface area contributed by atoms with Crippen LogP contribution in [0.2, 0.25) is 0 Å². The highest BCUT2D eigenvalue weighted by Crippen LogP contribution is 1.84. The molecule has 72 valence electrons. The number of rotatable bonds is 1. The third-order valence-electron chi connectivity index (χ3n) is 1.35. The number of carbonyl (C=O) groups excluding carboxylic acids is 1. The topological polar surface area (TPSA) is 59.2 Å². The van der Waals surface area contributed by atoms with Crippen molar-refractivity contribution in [2.45, 2.75) is 6.92 Å². The lowest BCUT2D eigenvalue weighted by atomic mass is 10.3. The van der Waals surface area contributed by atoms with E-state index in [0.29, 0.717) is 12.3 Å². The van der Waals surface area contributed by atoms with E-state index < -0.39 is 5.97 Å². The highest BCUT2D eigenvalue weighted by atomic mass is 16.5. The van der Waals surface area contributed by atoms with Gasteiger partial charge in [-0.1, -0.05) is 0 Å². The number of pyridine rings is 1. The summed E-state index contributed by atoms with van der Waals surface area (Å²) in [5, 5.41) is 0. The van der Waals surface area contributed by atoms with E-state index in [2.05, 4.69) is 21.6 Å². The largest absolute Gasteiger partial charge is 0.456 e. The zero-order valence-electron chi connectivity index (χ0n) is 7.66. The first kappa shape index (κ1) is 10.1. The van der Waals surface area contributed by atoms with E-state index in [1.807, 2.05) is 0 Å². The lowest BCUT2D eigenvalue weighted by Crippen LogP contribution is -2.01. The van der Waals surface area contributed by atoms with Crippen molar-refractivity contribution in [2.24, 2.45) is 0 Å². The van der Waals surface area contributed by atoms with E-state index in [1.165, 1.54) is 18.3 Å². The first-order valence-electron chi connectivity index (χ1n) is 4.10. The van der Waals surface area contributed by atoms with Crippen LogP contribution >= 0.6 is 0 Å².